The topological polar surface area (TPSA) is 186 Å². The van der Waals surface area contributed by atoms with E-state index in [-0.39, 0.29) is 28.8 Å². The normalized spacial score (nSPS) is 13.6. The summed E-state index contributed by atoms with van der Waals surface area (Å²) < 4.78 is 0. The maximum Gasteiger partial charge on any atom is 0.270 e. The Hall–Kier alpha value is -3.78. The molecule has 1 aromatic carbocycles. The van der Waals surface area contributed by atoms with Gasteiger partial charge in [0.05, 0.1) is 22.3 Å². The van der Waals surface area contributed by atoms with Gasteiger partial charge in [0, 0.05) is 22.6 Å². The van der Waals surface area contributed by atoms with Gasteiger partial charge in [-0.3, -0.25) is 29.6 Å². The summed E-state index contributed by atoms with van der Waals surface area (Å²) in [6.07, 6.45) is 3.69. The second-order valence-electron chi connectivity index (χ2n) is 9.12. The molecule has 1 aliphatic carbocycles. The number of thiophene rings is 1. The highest BCUT2D eigenvalue weighted by Gasteiger charge is 2.26. The van der Waals surface area contributed by atoms with Crippen LogP contribution in [-0.2, 0) is 17.6 Å². The number of thioether (sulfide) groups is 1. The van der Waals surface area contributed by atoms with Gasteiger partial charge in [-0.1, -0.05) is 31.7 Å². The van der Waals surface area contributed by atoms with Crippen LogP contribution in [0.2, 0.25) is 0 Å². The maximum atomic E-state index is 12.8. The third kappa shape index (κ3) is 6.19. The highest BCUT2D eigenvalue weighted by Crippen LogP contribution is 2.38. The molecule has 1 aliphatic rings. The molecule has 2 heterocycles. The molecule has 0 spiro atoms. The summed E-state index contributed by atoms with van der Waals surface area (Å²) in [7, 11) is 0. The average Bonchev–Trinajstić information content (AvgIpc) is 3.50. The van der Waals surface area contributed by atoms with E-state index in [4.69, 9.17) is 5.73 Å². The van der Waals surface area contributed by atoms with Gasteiger partial charge >= 0.3 is 0 Å². The largest absolute Gasteiger partial charge is 0.365 e. The summed E-state index contributed by atoms with van der Waals surface area (Å²) in [5.74, 6) is -1.03. The molecule has 5 N–H and O–H groups in total. The lowest BCUT2D eigenvalue weighted by Gasteiger charge is -2.19. The standard InChI is InChI=1S/C24H27N7O5S2/c1-12(2)19(27-22(34)13-6-5-7-14(10-13)31(35)36)21-28-24(30-29-21)37-11-17(32)26-23-18(20(25)33)15-8-3-4-9-16(15)38-23/h5-7,10,12,19H,3-4,8-9,11H2,1-2H3,(H2,25,33)(H,26,32)(H,27,34)(H,28,29,30)/t19-/m0/s1. The van der Waals surface area contributed by atoms with E-state index < -0.39 is 22.8 Å². The first-order chi connectivity index (χ1) is 18.1. The second-order valence-corrected chi connectivity index (χ2v) is 11.2. The lowest BCUT2D eigenvalue weighted by Crippen LogP contribution is -2.32. The van der Waals surface area contributed by atoms with Gasteiger partial charge in [-0.05, 0) is 43.2 Å². The molecule has 38 heavy (non-hydrogen) atoms. The van der Waals surface area contributed by atoms with Crippen molar-refractivity contribution in [1.82, 2.24) is 20.5 Å². The highest BCUT2D eigenvalue weighted by molar-refractivity contribution is 7.99. The van der Waals surface area contributed by atoms with Crippen molar-refractivity contribution in [1.29, 1.82) is 0 Å². The number of anilines is 1. The first-order valence-corrected chi connectivity index (χ1v) is 13.8. The van der Waals surface area contributed by atoms with E-state index in [1.54, 1.807) is 0 Å². The molecule has 14 heteroatoms. The summed E-state index contributed by atoms with van der Waals surface area (Å²) in [5.41, 5.74) is 6.92. The Morgan fingerprint density at radius 1 is 1.26 bits per heavy atom. The number of benzene rings is 1. The van der Waals surface area contributed by atoms with Gasteiger partial charge in [-0.2, -0.15) is 0 Å². The maximum absolute atomic E-state index is 12.8. The molecule has 0 radical (unpaired) electrons. The monoisotopic (exact) mass is 557 g/mol. The number of rotatable bonds is 10. The third-order valence-electron chi connectivity index (χ3n) is 6.05. The van der Waals surface area contributed by atoms with E-state index in [0.717, 1.165) is 47.9 Å². The van der Waals surface area contributed by atoms with Crippen molar-refractivity contribution < 1.29 is 19.3 Å². The molecule has 2 aromatic heterocycles. The van der Waals surface area contributed by atoms with E-state index in [1.807, 2.05) is 13.8 Å². The van der Waals surface area contributed by atoms with Gasteiger partial charge < -0.3 is 16.4 Å². The van der Waals surface area contributed by atoms with Crippen LogP contribution in [-0.4, -0.2) is 43.6 Å². The minimum absolute atomic E-state index is 0.00441. The van der Waals surface area contributed by atoms with Gasteiger partial charge in [0.15, 0.2) is 0 Å². The predicted octanol–water partition coefficient (Wildman–Crippen LogP) is 3.61. The number of fused-ring (bicyclic) bond motifs is 1. The zero-order valence-corrected chi connectivity index (χ0v) is 22.4. The summed E-state index contributed by atoms with van der Waals surface area (Å²) in [6, 6.07) is 4.92. The number of carbonyl (C=O) groups excluding carboxylic acids is 3. The first-order valence-electron chi connectivity index (χ1n) is 12.0. The number of hydrogen-bond acceptors (Lipinski definition) is 9. The van der Waals surface area contributed by atoms with Crippen LogP contribution >= 0.6 is 23.1 Å². The third-order valence-corrected chi connectivity index (χ3v) is 8.11. The number of nitro benzene ring substituents is 1. The van der Waals surface area contributed by atoms with Crippen molar-refractivity contribution in [3.8, 4) is 0 Å². The number of aromatic amines is 1. The van der Waals surface area contributed by atoms with Gasteiger partial charge in [-0.15, -0.1) is 16.4 Å². The van der Waals surface area contributed by atoms with Crippen molar-refractivity contribution in [2.45, 2.75) is 50.7 Å². The minimum atomic E-state index is -0.561. The zero-order valence-electron chi connectivity index (χ0n) is 20.8. The summed E-state index contributed by atoms with van der Waals surface area (Å²) in [5, 5.41) is 24.4. The fourth-order valence-corrected chi connectivity index (χ4v) is 6.12. The Morgan fingerprint density at radius 2 is 2.03 bits per heavy atom. The zero-order chi connectivity index (χ0) is 27.4. The molecule has 4 rings (SSSR count). The van der Waals surface area contributed by atoms with Crippen LogP contribution in [0.1, 0.15) is 69.7 Å². The lowest BCUT2D eigenvalue weighted by atomic mass is 9.95. The molecule has 12 nitrogen and oxygen atoms in total. The molecule has 0 bridgehead atoms. The van der Waals surface area contributed by atoms with E-state index >= 15 is 0 Å². The van der Waals surface area contributed by atoms with Crippen molar-refractivity contribution >= 4 is 51.5 Å². The molecule has 1 atom stereocenters. The van der Waals surface area contributed by atoms with Crippen LogP contribution in [0.5, 0.6) is 0 Å². The van der Waals surface area contributed by atoms with E-state index in [0.29, 0.717) is 21.5 Å². The molecular weight excluding hydrogens is 530 g/mol. The number of nitrogens with zero attached hydrogens (tertiary/aromatic N) is 3. The molecule has 0 aliphatic heterocycles. The fourth-order valence-electron chi connectivity index (χ4n) is 4.21. The number of carbonyl (C=O) groups is 3. The molecule has 0 saturated carbocycles. The van der Waals surface area contributed by atoms with E-state index in [1.165, 1.54) is 35.6 Å². The average molecular weight is 558 g/mol. The van der Waals surface area contributed by atoms with Crippen LogP contribution < -0.4 is 16.4 Å². The number of nitro groups is 1. The van der Waals surface area contributed by atoms with Crippen LogP contribution in [0.4, 0.5) is 10.7 Å². The van der Waals surface area contributed by atoms with Crippen LogP contribution in [0.3, 0.4) is 0 Å². The molecule has 3 aromatic rings. The number of nitrogens with two attached hydrogens (primary N) is 1. The number of nitrogens with one attached hydrogen (secondary N) is 3. The highest BCUT2D eigenvalue weighted by atomic mass is 32.2. The number of amides is 3. The van der Waals surface area contributed by atoms with Crippen molar-refractivity contribution in [2.24, 2.45) is 11.7 Å². The smallest absolute Gasteiger partial charge is 0.270 e. The van der Waals surface area contributed by atoms with Crippen molar-refractivity contribution in [2.75, 3.05) is 11.1 Å². The lowest BCUT2D eigenvalue weighted by molar-refractivity contribution is -0.384. The van der Waals surface area contributed by atoms with Gasteiger partial charge in [-0.25, -0.2) is 4.98 Å². The minimum Gasteiger partial charge on any atom is -0.365 e. The van der Waals surface area contributed by atoms with E-state index in [9.17, 15) is 24.5 Å². The summed E-state index contributed by atoms with van der Waals surface area (Å²) in [4.78, 5) is 53.5. The SMILES string of the molecule is CC(C)[C@H](NC(=O)c1cccc([N+](=O)[O-])c1)c1nc(SCC(=O)Nc2sc3c(c2C(N)=O)CCCC3)n[nH]1. The number of aromatic nitrogens is 3. The number of hydrogen-bond donors (Lipinski definition) is 4. The van der Waals surface area contributed by atoms with Crippen molar-refractivity contribution in [3.05, 3.63) is 61.8 Å². The van der Waals surface area contributed by atoms with E-state index in [2.05, 4.69) is 25.8 Å². The van der Waals surface area contributed by atoms with Crippen LogP contribution in [0, 0.1) is 16.0 Å². The molecule has 0 fully saturated rings. The van der Waals surface area contributed by atoms with Crippen LogP contribution in [0.25, 0.3) is 0 Å². The number of H-pyrrole nitrogens is 1. The number of primary amides is 1. The summed E-state index contributed by atoms with van der Waals surface area (Å²) in [6.45, 7) is 3.77. The molecule has 0 unspecified atom stereocenters. The molecule has 3 amide bonds. The van der Waals surface area contributed by atoms with Gasteiger partial charge in [0.25, 0.3) is 17.5 Å². The molecule has 0 saturated heterocycles. The Kier molecular flexibility index (Phi) is 8.42. The number of aryl methyl sites for hydroxylation is 1. The Labute approximate surface area is 226 Å². The predicted molar refractivity (Wildman–Crippen MR) is 143 cm³/mol. The fraction of sp³-hybridized carbons (Fsp3) is 0.375. The molecule has 200 valence electrons. The quantitative estimate of drug-likeness (QED) is 0.165. The van der Waals surface area contributed by atoms with Crippen LogP contribution in [0.15, 0.2) is 29.4 Å². The Morgan fingerprint density at radius 3 is 2.74 bits per heavy atom. The summed E-state index contributed by atoms with van der Waals surface area (Å²) >= 11 is 2.50. The first kappa shape index (κ1) is 27.3. The van der Waals surface area contributed by atoms with Gasteiger partial charge in [0.1, 0.15) is 10.8 Å². The van der Waals surface area contributed by atoms with Gasteiger partial charge in [0.2, 0.25) is 11.1 Å². The second kappa shape index (κ2) is 11.7. The Bertz CT molecular complexity index is 1380. The number of non-ortho nitro benzene ring substituents is 1. The van der Waals surface area contributed by atoms with Crippen molar-refractivity contribution in [3.63, 3.8) is 0 Å². The Balaban J connectivity index is 1.39. The molecular formula is C24H27N7O5S2.